The molecule has 0 N–H and O–H groups in total. The zero-order valence-corrected chi connectivity index (χ0v) is 17.4. The standard InChI is InChI=1S/C23H32N4O/c1-4-27-17-23(14-21(22(27)28)19-8-6-5-7-9-19)10-12-26(13-11-23)16-20-15-25(3)24-18(20)2/h5-9,15,21H,4,10-14,16-17H2,1-3H3/t21-/m1/s1. The molecule has 5 nitrogen and oxygen atoms in total. The molecular weight excluding hydrogens is 348 g/mol. The number of nitrogens with zero attached hydrogens (tertiary/aromatic N) is 4. The highest BCUT2D eigenvalue weighted by molar-refractivity contribution is 5.84. The molecule has 4 rings (SSSR count). The van der Waals surface area contributed by atoms with Crippen molar-refractivity contribution in [3.8, 4) is 0 Å². The van der Waals surface area contributed by atoms with Gasteiger partial charge in [0.25, 0.3) is 0 Å². The molecule has 3 heterocycles. The largest absolute Gasteiger partial charge is 0.342 e. The lowest BCUT2D eigenvalue weighted by Crippen LogP contribution is -2.53. The topological polar surface area (TPSA) is 41.4 Å². The van der Waals surface area contributed by atoms with Crippen molar-refractivity contribution < 1.29 is 4.79 Å². The molecule has 0 aliphatic carbocycles. The molecule has 1 atom stereocenters. The third-order valence-electron chi connectivity index (χ3n) is 6.78. The minimum atomic E-state index is 0.0158. The molecule has 5 heteroatoms. The van der Waals surface area contributed by atoms with E-state index >= 15 is 0 Å². The normalized spacial score (nSPS) is 22.8. The molecule has 2 fully saturated rings. The Hall–Kier alpha value is -2.14. The summed E-state index contributed by atoms with van der Waals surface area (Å²) in [5, 5.41) is 4.48. The van der Waals surface area contributed by atoms with Crippen LogP contribution in [0.5, 0.6) is 0 Å². The number of aryl methyl sites for hydroxylation is 2. The Morgan fingerprint density at radius 3 is 2.50 bits per heavy atom. The van der Waals surface area contributed by atoms with Crippen LogP contribution in [0, 0.1) is 12.3 Å². The minimum Gasteiger partial charge on any atom is -0.342 e. The fourth-order valence-corrected chi connectivity index (χ4v) is 5.09. The van der Waals surface area contributed by atoms with E-state index in [-0.39, 0.29) is 11.3 Å². The number of benzene rings is 1. The van der Waals surface area contributed by atoms with Crippen LogP contribution in [-0.2, 0) is 18.4 Å². The van der Waals surface area contributed by atoms with E-state index in [0.717, 1.165) is 44.8 Å². The average Bonchev–Trinajstić information content (AvgIpc) is 3.03. The number of amides is 1. The van der Waals surface area contributed by atoms with Crippen molar-refractivity contribution >= 4 is 5.91 Å². The third-order valence-corrected chi connectivity index (χ3v) is 6.78. The number of rotatable bonds is 4. The molecule has 28 heavy (non-hydrogen) atoms. The Morgan fingerprint density at radius 2 is 1.89 bits per heavy atom. The lowest BCUT2D eigenvalue weighted by atomic mass is 9.67. The predicted octanol–water partition coefficient (Wildman–Crippen LogP) is 3.35. The number of hydrogen-bond acceptors (Lipinski definition) is 3. The van der Waals surface area contributed by atoms with Crippen molar-refractivity contribution in [1.29, 1.82) is 0 Å². The van der Waals surface area contributed by atoms with Crippen LogP contribution in [0.15, 0.2) is 36.5 Å². The van der Waals surface area contributed by atoms with Gasteiger partial charge < -0.3 is 4.90 Å². The summed E-state index contributed by atoms with van der Waals surface area (Å²) < 4.78 is 1.91. The summed E-state index contributed by atoms with van der Waals surface area (Å²) in [6.07, 6.45) is 5.47. The Labute approximate surface area is 168 Å². The van der Waals surface area contributed by atoms with Gasteiger partial charge >= 0.3 is 0 Å². The quantitative estimate of drug-likeness (QED) is 0.817. The van der Waals surface area contributed by atoms with Crippen LogP contribution >= 0.6 is 0 Å². The van der Waals surface area contributed by atoms with E-state index in [0.29, 0.717) is 5.91 Å². The van der Waals surface area contributed by atoms with E-state index in [4.69, 9.17) is 0 Å². The second kappa shape index (κ2) is 7.70. The van der Waals surface area contributed by atoms with Gasteiger partial charge in [0.2, 0.25) is 5.91 Å². The molecule has 2 aliphatic heterocycles. The zero-order valence-electron chi connectivity index (χ0n) is 17.4. The summed E-state index contributed by atoms with van der Waals surface area (Å²) in [6.45, 7) is 9.11. The Bertz CT molecular complexity index is 820. The van der Waals surface area contributed by atoms with Crippen molar-refractivity contribution in [1.82, 2.24) is 19.6 Å². The highest BCUT2D eigenvalue weighted by Crippen LogP contribution is 2.45. The number of likely N-dealkylation sites (N-methyl/N-ethyl adjacent to an activating group) is 1. The maximum Gasteiger partial charge on any atom is 0.230 e. The van der Waals surface area contributed by atoms with Gasteiger partial charge in [-0.25, -0.2) is 0 Å². The number of likely N-dealkylation sites (tertiary alicyclic amines) is 2. The first-order chi connectivity index (χ1) is 13.5. The molecule has 0 saturated carbocycles. The summed E-state index contributed by atoms with van der Waals surface area (Å²) in [7, 11) is 1.99. The Balaban J connectivity index is 1.47. The van der Waals surface area contributed by atoms with Crippen molar-refractivity contribution in [3.05, 3.63) is 53.3 Å². The lowest BCUT2D eigenvalue weighted by molar-refractivity contribution is -0.141. The number of hydrogen-bond donors (Lipinski definition) is 0. The number of piperidine rings is 2. The molecule has 1 aromatic heterocycles. The van der Waals surface area contributed by atoms with E-state index < -0.39 is 0 Å². The fraction of sp³-hybridized carbons (Fsp3) is 0.565. The van der Waals surface area contributed by atoms with E-state index in [1.807, 2.05) is 17.8 Å². The highest BCUT2D eigenvalue weighted by atomic mass is 16.2. The Morgan fingerprint density at radius 1 is 1.18 bits per heavy atom. The van der Waals surface area contributed by atoms with Gasteiger partial charge in [0.15, 0.2) is 0 Å². The predicted molar refractivity (Wildman–Crippen MR) is 111 cm³/mol. The van der Waals surface area contributed by atoms with E-state index in [1.54, 1.807) is 0 Å². The van der Waals surface area contributed by atoms with Crippen LogP contribution in [-0.4, -0.2) is 51.7 Å². The molecule has 2 aromatic rings. The molecule has 0 radical (unpaired) electrons. The Kier molecular flexibility index (Phi) is 5.28. The first-order valence-electron chi connectivity index (χ1n) is 10.5. The van der Waals surface area contributed by atoms with E-state index in [9.17, 15) is 4.79 Å². The molecule has 0 bridgehead atoms. The van der Waals surface area contributed by atoms with Crippen LogP contribution < -0.4 is 0 Å². The SMILES string of the molecule is CCN1CC2(CCN(Cc3cn(C)nc3C)CC2)C[C@H](c2ccccc2)C1=O. The molecule has 150 valence electrons. The maximum atomic E-state index is 13.0. The molecule has 1 spiro atoms. The smallest absolute Gasteiger partial charge is 0.230 e. The fourth-order valence-electron chi connectivity index (χ4n) is 5.09. The first-order valence-corrected chi connectivity index (χ1v) is 10.5. The van der Waals surface area contributed by atoms with Crippen LogP contribution in [0.25, 0.3) is 0 Å². The van der Waals surface area contributed by atoms with Crippen LogP contribution in [0.1, 0.15) is 48.9 Å². The second-order valence-electron chi connectivity index (χ2n) is 8.71. The maximum absolute atomic E-state index is 13.0. The van der Waals surface area contributed by atoms with Crippen LogP contribution in [0.3, 0.4) is 0 Å². The van der Waals surface area contributed by atoms with Crippen molar-refractivity contribution in [3.63, 3.8) is 0 Å². The third kappa shape index (κ3) is 3.72. The van der Waals surface area contributed by atoms with Gasteiger partial charge in [-0.3, -0.25) is 14.4 Å². The summed E-state index contributed by atoms with van der Waals surface area (Å²) >= 11 is 0. The summed E-state index contributed by atoms with van der Waals surface area (Å²) in [4.78, 5) is 17.7. The zero-order chi connectivity index (χ0) is 19.7. The van der Waals surface area contributed by atoms with E-state index in [2.05, 4.69) is 59.2 Å². The molecule has 2 saturated heterocycles. The van der Waals surface area contributed by atoms with Gasteiger partial charge in [0, 0.05) is 38.4 Å². The van der Waals surface area contributed by atoms with Gasteiger partial charge in [-0.1, -0.05) is 30.3 Å². The molecular formula is C23H32N4O. The monoisotopic (exact) mass is 380 g/mol. The minimum absolute atomic E-state index is 0.0158. The van der Waals surface area contributed by atoms with Crippen LogP contribution in [0.4, 0.5) is 0 Å². The molecule has 2 aliphatic rings. The first kappa shape index (κ1) is 19.2. The van der Waals surface area contributed by atoms with Gasteiger partial charge in [-0.15, -0.1) is 0 Å². The van der Waals surface area contributed by atoms with E-state index in [1.165, 1.54) is 24.0 Å². The highest BCUT2D eigenvalue weighted by Gasteiger charge is 2.45. The number of carbonyl (C=O) groups is 1. The van der Waals surface area contributed by atoms with Crippen molar-refractivity contribution in [2.45, 2.75) is 45.6 Å². The number of carbonyl (C=O) groups excluding carboxylic acids is 1. The van der Waals surface area contributed by atoms with Gasteiger partial charge in [-0.2, -0.15) is 5.10 Å². The molecule has 1 amide bonds. The molecule has 0 unspecified atom stereocenters. The lowest BCUT2D eigenvalue weighted by Gasteiger charge is -2.49. The van der Waals surface area contributed by atoms with Gasteiger partial charge in [0.1, 0.15) is 0 Å². The summed E-state index contributed by atoms with van der Waals surface area (Å²) in [5.74, 6) is 0.328. The van der Waals surface area contributed by atoms with Gasteiger partial charge in [0.05, 0.1) is 11.6 Å². The van der Waals surface area contributed by atoms with Gasteiger partial charge in [-0.05, 0) is 57.2 Å². The van der Waals surface area contributed by atoms with Crippen molar-refractivity contribution in [2.24, 2.45) is 12.5 Å². The van der Waals surface area contributed by atoms with Crippen LogP contribution in [0.2, 0.25) is 0 Å². The van der Waals surface area contributed by atoms with Crippen molar-refractivity contribution in [2.75, 3.05) is 26.2 Å². The summed E-state index contributed by atoms with van der Waals surface area (Å²) in [6, 6.07) is 10.4. The summed E-state index contributed by atoms with van der Waals surface area (Å²) in [5.41, 5.74) is 3.89. The number of aromatic nitrogens is 2. The second-order valence-corrected chi connectivity index (χ2v) is 8.71. The average molecular weight is 381 g/mol. The molecule has 1 aromatic carbocycles.